The van der Waals surface area contributed by atoms with E-state index in [9.17, 15) is 9.59 Å². The molecule has 2 amide bonds. The number of isothiocyanates is 2. The van der Waals surface area contributed by atoms with Crippen molar-refractivity contribution >= 4 is 46.6 Å². The Morgan fingerprint density at radius 3 is 1.62 bits per heavy atom. The zero-order valence-electron chi connectivity index (χ0n) is 7.84. The maximum Gasteiger partial charge on any atom is 0.286 e. The van der Waals surface area contributed by atoms with Gasteiger partial charge in [0, 0.05) is 0 Å². The summed E-state index contributed by atoms with van der Waals surface area (Å²) in [6, 6.07) is 6.10. The topological polar surface area (TPSA) is 58.9 Å². The molecule has 0 fully saturated rings. The Bertz CT molecular complexity index is 493. The normalized spacial score (nSPS) is 8.50. The van der Waals surface area contributed by atoms with Gasteiger partial charge in [-0.05, 0) is 36.6 Å². The molecular formula is C10H4N2O2S2. The Morgan fingerprint density at radius 2 is 1.31 bits per heavy atom. The Labute approximate surface area is 102 Å². The lowest BCUT2D eigenvalue weighted by atomic mass is 10.1. The van der Waals surface area contributed by atoms with Crippen LogP contribution in [0.4, 0.5) is 0 Å². The standard InChI is InChI=1S/C10H4N2O2S2/c13-9(11-5-15)7-3-1-2-4-8(7)10(14)12-6-16/h1-4H. The third kappa shape index (κ3) is 2.82. The summed E-state index contributed by atoms with van der Waals surface area (Å²) in [4.78, 5) is 29.4. The highest BCUT2D eigenvalue weighted by Crippen LogP contribution is 2.11. The molecule has 16 heavy (non-hydrogen) atoms. The number of hydrogen-bond acceptors (Lipinski definition) is 4. The van der Waals surface area contributed by atoms with Gasteiger partial charge in [-0.2, -0.15) is 9.98 Å². The van der Waals surface area contributed by atoms with Gasteiger partial charge >= 0.3 is 0 Å². The molecule has 1 aromatic rings. The first kappa shape index (κ1) is 12.2. The van der Waals surface area contributed by atoms with Crippen molar-refractivity contribution in [2.24, 2.45) is 9.98 Å². The van der Waals surface area contributed by atoms with Crippen LogP contribution in [0.15, 0.2) is 34.3 Å². The van der Waals surface area contributed by atoms with Crippen LogP contribution in [0.2, 0.25) is 0 Å². The third-order valence-electron chi connectivity index (χ3n) is 1.68. The van der Waals surface area contributed by atoms with E-state index >= 15 is 0 Å². The summed E-state index contributed by atoms with van der Waals surface area (Å²) < 4.78 is 0. The summed E-state index contributed by atoms with van der Waals surface area (Å²) >= 11 is 8.63. The number of benzene rings is 1. The van der Waals surface area contributed by atoms with Crippen molar-refractivity contribution in [1.82, 2.24) is 0 Å². The monoisotopic (exact) mass is 248 g/mol. The average Bonchev–Trinajstić information content (AvgIpc) is 2.30. The number of nitrogens with zero attached hydrogens (tertiary/aromatic N) is 2. The number of thiocarbonyl (C=S) groups is 2. The summed E-state index contributed by atoms with van der Waals surface area (Å²) in [6.07, 6.45) is 0. The molecule has 78 valence electrons. The molecule has 0 spiro atoms. The molecule has 0 bridgehead atoms. The first-order valence-corrected chi connectivity index (χ1v) is 4.85. The number of rotatable bonds is 2. The first-order chi connectivity index (χ1) is 7.70. The molecule has 4 nitrogen and oxygen atoms in total. The molecule has 0 aromatic heterocycles. The molecule has 0 heterocycles. The van der Waals surface area contributed by atoms with Crippen LogP contribution in [0, 0.1) is 0 Å². The van der Waals surface area contributed by atoms with Crippen LogP contribution in [0.25, 0.3) is 0 Å². The minimum Gasteiger partial charge on any atom is -0.266 e. The van der Waals surface area contributed by atoms with Gasteiger partial charge in [0.1, 0.15) is 0 Å². The minimum atomic E-state index is -0.640. The third-order valence-corrected chi connectivity index (χ3v) is 1.86. The molecule has 0 saturated carbocycles. The van der Waals surface area contributed by atoms with Crippen molar-refractivity contribution in [3.63, 3.8) is 0 Å². The zero-order chi connectivity index (χ0) is 12.0. The Kier molecular flexibility index (Phi) is 4.51. The SMILES string of the molecule is O=C(N=C=S)c1ccccc1C(=O)N=C=S. The van der Waals surface area contributed by atoms with Crippen molar-refractivity contribution in [1.29, 1.82) is 0 Å². The van der Waals surface area contributed by atoms with E-state index in [1.54, 1.807) is 12.1 Å². The Balaban J connectivity index is 3.30. The van der Waals surface area contributed by atoms with Gasteiger partial charge in [-0.15, -0.1) is 0 Å². The zero-order valence-corrected chi connectivity index (χ0v) is 9.47. The fourth-order valence-corrected chi connectivity index (χ4v) is 1.23. The van der Waals surface area contributed by atoms with E-state index < -0.39 is 11.8 Å². The Hall–Kier alpha value is -1.84. The van der Waals surface area contributed by atoms with Crippen molar-refractivity contribution in [3.8, 4) is 0 Å². The smallest absolute Gasteiger partial charge is 0.266 e. The fraction of sp³-hybridized carbons (Fsp3) is 0. The van der Waals surface area contributed by atoms with Gasteiger partial charge in [0.05, 0.1) is 21.4 Å². The number of amides is 2. The number of carbonyl (C=O) groups is 2. The average molecular weight is 248 g/mol. The lowest BCUT2D eigenvalue weighted by Gasteiger charge is -1.99. The van der Waals surface area contributed by atoms with E-state index in [1.165, 1.54) is 12.1 Å². The van der Waals surface area contributed by atoms with Crippen molar-refractivity contribution < 1.29 is 9.59 Å². The van der Waals surface area contributed by atoms with Crippen LogP contribution < -0.4 is 0 Å². The molecule has 0 N–H and O–H groups in total. The van der Waals surface area contributed by atoms with Crippen LogP contribution >= 0.6 is 24.4 Å². The summed E-state index contributed by atoms with van der Waals surface area (Å²) in [5, 5.41) is 3.89. The van der Waals surface area contributed by atoms with E-state index in [1.807, 2.05) is 10.3 Å². The molecule has 0 unspecified atom stereocenters. The molecule has 6 heteroatoms. The van der Waals surface area contributed by atoms with Crippen molar-refractivity contribution in [2.45, 2.75) is 0 Å². The summed E-state index contributed by atoms with van der Waals surface area (Å²) in [7, 11) is 0. The maximum atomic E-state index is 11.4. The second-order valence-corrected chi connectivity index (χ2v) is 2.93. The first-order valence-electron chi connectivity index (χ1n) is 4.04. The van der Waals surface area contributed by atoms with Crippen LogP contribution in [0.3, 0.4) is 0 Å². The van der Waals surface area contributed by atoms with E-state index in [-0.39, 0.29) is 11.1 Å². The predicted octanol–water partition coefficient (Wildman–Crippen LogP) is 2.17. The molecule has 0 aliphatic heterocycles. The highest BCUT2D eigenvalue weighted by Gasteiger charge is 2.14. The Morgan fingerprint density at radius 1 is 0.938 bits per heavy atom. The van der Waals surface area contributed by atoms with Crippen LogP contribution in [0.1, 0.15) is 20.7 Å². The molecule has 0 atom stereocenters. The highest BCUT2D eigenvalue weighted by molar-refractivity contribution is 7.78. The molecule has 0 aliphatic carbocycles. The molecule has 0 aliphatic rings. The van der Waals surface area contributed by atoms with Gasteiger partial charge < -0.3 is 0 Å². The minimum absolute atomic E-state index is 0.110. The fourth-order valence-electron chi connectivity index (χ4n) is 1.06. The van der Waals surface area contributed by atoms with E-state index in [2.05, 4.69) is 34.4 Å². The van der Waals surface area contributed by atoms with Crippen LogP contribution in [0.5, 0.6) is 0 Å². The lowest BCUT2D eigenvalue weighted by Crippen LogP contribution is -2.05. The second kappa shape index (κ2) is 5.90. The number of carbonyl (C=O) groups excluding carboxylic acids is 2. The highest BCUT2D eigenvalue weighted by atomic mass is 32.1. The van der Waals surface area contributed by atoms with Gasteiger partial charge in [-0.1, -0.05) is 12.1 Å². The number of aliphatic imine (C=N–C) groups is 2. The van der Waals surface area contributed by atoms with Gasteiger partial charge in [-0.3, -0.25) is 9.59 Å². The molecular weight excluding hydrogens is 244 g/mol. The second-order valence-electron chi connectivity index (χ2n) is 2.56. The number of hydrogen-bond donors (Lipinski definition) is 0. The molecule has 0 saturated heterocycles. The van der Waals surface area contributed by atoms with Crippen LogP contribution in [-0.2, 0) is 0 Å². The molecule has 1 rings (SSSR count). The van der Waals surface area contributed by atoms with E-state index in [0.717, 1.165) is 0 Å². The van der Waals surface area contributed by atoms with Gasteiger partial charge in [-0.25, -0.2) is 0 Å². The summed E-state index contributed by atoms with van der Waals surface area (Å²) in [5.74, 6) is -1.28. The van der Waals surface area contributed by atoms with Crippen LogP contribution in [-0.4, -0.2) is 22.1 Å². The molecule has 0 radical (unpaired) electrons. The largest absolute Gasteiger partial charge is 0.286 e. The van der Waals surface area contributed by atoms with Gasteiger partial charge in [0.15, 0.2) is 0 Å². The summed E-state index contributed by atoms with van der Waals surface area (Å²) in [6.45, 7) is 0. The lowest BCUT2D eigenvalue weighted by molar-refractivity contribution is 0.0971. The predicted molar refractivity (Wildman–Crippen MR) is 65.2 cm³/mol. The molecule has 1 aromatic carbocycles. The van der Waals surface area contributed by atoms with Crippen molar-refractivity contribution in [2.75, 3.05) is 0 Å². The van der Waals surface area contributed by atoms with Gasteiger partial charge in [0.25, 0.3) is 11.8 Å². The van der Waals surface area contributed by atoms with E-state index in [4.69, 9.17) is 0 Å². The quantitative estimate of drug-likeness (QED) is 0.594. The summed E-state index contributed by atoms with van der Waals surface area (Å²) in [5.41, 5.74) is 0.220. The van der Waals surface area contributed by atoms with Gasteiger partial charge in [0.2, 0.25) is 0 Å². The van der Waals surface area contributed by atoms with Crippen molar-refractivity contribution in [3.05, 3.63) is 35.4 Å². The van der Waals surface area contributed by atoms with E-state index in [0.29, 0.717) is 0 Å². The maximum absolute atomic E-state index is 11.4.